The average Bonchev–Trinajstić information content (AvgIpc) is 2.29. The molecule has 0 aromatic carbocycles. The molecular weight excluding hydrogens is 218 g/mol. The second-order valence-corrected chi connectivity index (χ2v) is 4.47. The molecule has 5 nitrogen and oxygen atoms in total. The summed E-state index contributed by atoms with van der Waals surface area (Å²) < 4.78 is 5.16. The third-order valence-electron chi connectivity index (χ3n) is 2.66. The molecule has 1 aromatic rings. The third kappa shape index (κ3) is 4.77. The van der Waals surface area contributed by atoms with Crippen molar-refractivity contribution in [1.29, 1.82) is 0 Å². The van der Waals surface area contributed by atoms with E-state index in [-0.39, 0.29) is 12.1 Å². The predicted molar refractivity (Wildman–Crippen MR) is 65.6 cm³/mol. The number of aryl methyl sites for hydroxylation is 1. The quantitative estimate of drug-likeness (QED) is 0.731. The Morgan fingerprint density at radius 2 is 2.18 bits per heavy atom. The standard InChI is InChI=1S/C12H21N3O2/c1-10-6-14-11(7-13-10)8-15-12(2,4-5-16)9-17-3/h6-7,15-16H,4-5,8-9H2,1-3H3/t12-/m0/s1. The maximum Gasteiger partial charge on any atom is 0.0724 e. The van der Waals surface area contributed by atoms with E-state index in [0.29, 0.717) is 19.6 Å². The molecule has 5 heteroatoms. The lowest BCUT2D eigenvalue weighted by molar-refractivity contribution is 0.0967. The molecular formula is C12H21N3O2. The SMILES string of the molecule is COC[C@](C)(CCO)NCc1cnc(C)cn1. The molecule has 0 fully saturated rings. The number of nitrogens with one attached hydrogen (secondary N) is 1. The van der Waals surface area contributed by atoms with Gasteiger partial charge in [0.05, 0.1) is 18.0 Å². The lowest BCUT2D eigenvalue weighted by Crippen LogP contribution is -2.46. The fourth-order valence-corrected chi connectivity index (χ4v) is 1.59. The average molecular weight is 239 g/mol. The van der Waals surface area contributed by atoms with Gasteiger partial charge < -0.3 is 15.2 Å². The fourth-order valence-electron chi connectivity index (χ4n) is 1.59. The number of aliphatic hydroxyl groups excluding tert-OH is 1. The first-order chi connectivity index (χ1) is 8.09. The lowest BCUT2D eigenvalue weighted by Gasteiger charge is -2.29. The summed E-state index contributed by atoms with van der Waals surface area (Å²) in [6, 6.07) is 0. The first kappa shape index (κ1) is 14.0. The number of nitrogens with zero attached hydrogens (tertiary/aromatic N) is 2. The van der Waals surface area contributed by atoms with E-state index in [1.54, 1.807) is 19.5 Å². The van der Waals surface area contributed by atoms with Gasteiger partial charge in [-0.2, -0.15) is 0 Å². The lowest BCUT2D eigenvalue weighted by atomic mass is 9.99. The Kier molecular flexibility index (Phi) is 5.47. The van der Waals surface area contributed by atoms with Gasteiger partial charge in [0.1, 0.15) is 0 Å². The highest BCUT2D eigenvalue weighted by Crippen LogP contribution is 2.10. The van der Waals surface area contributed by atoms with Crippen LogP contribution in [0.2, 0.25) is 0 Å². The minimum Gasteiger partial charge on any atom is -0.396 e. The van der Waals surface area contributed by atoms with Crippen LogP contribution in [0.1, 0.15) is 24.7 Å². The van der Waals surface area contributed by atoms with Crippen molar-refractivity contribution in [2.24, 2.45) is 0 Å². The molecule has 0 bridgehead atoms. The van der Waals surface area contributed by atoms with Gasteiger partial charge >= 0.3 is 0 Å². The van der Waals surface area contributed by atoms with Gasteiger partial charge in [0.2, 0.25) is 0 Å². The Labute approximate surface area is 102 Å². The minimum atomic E-state index is -0.240. The van der Waals surface area contributed by atoms with Crippen LogP contribution in [0, 0.1) is 6.92 Å². The molecule has 0 saturated heterocycles. The van der Waals surface area contributed by atoms with Crippen molar-refractivity contribution in [3.8, 4) is 0 Å². The zero-order chi connectivity index (χ0) is 12.7. The van der Waals surface area contributed by atoms with Crippen LogP contribution >= 0.6 is 0 Å². The number of aliphatic hydroxyl groups is 1. The van der Waals surface area contributed by atoms with Crippen molar-refractivity contribution in [3.05, 3.63) is 23.8 Å². The van der Waals surface area contributed by atoms with Crippen LogP contribution in [0.5, 0.6) is 0 Å². The van der Waals surface area contributed by atoms with Crippen LogP contribution in [-0.2, 0) is 11.3 Å². The summed E-state index contributed by atoms with van der Waals surface area (Å²) in [6.45, 7) is 5.23. The molecule has 1 atom stereocenters. The van der Waals surface area contributed by atoms with Gasteiger partial charge in [-0.3, -0.25) is 9.97 Å². The molecule has 96 valence electrons. The van der Waals surface area contributed by atoms with E-state index < -0.39 is 0 Å². The zero-order valence-corrected chi connectivity index (χ0v) is 10.7. The summed E-state index contributed by atoms with van der Waals surface area (Å²) in [6.07, 6.45) is 4.14. The van der Waals surface area contributed by atoms with Crippen molar-refractivity contribution in [1.82, 2.24) is 15.3 Å². The molecule has 2 N–H and O–H groups in total. The normalized spacial score (nSPS) is 14.6. The van der Waals surface area contributed by atoms with E-state index in [1.165, 1.54) is 0 Å². The van der Waals surface area contributed by atoms with Crippen LogP contribution in [0.3, 0.4) is 0 Å². The minimum absolute atomic E-state index is 0.131. The van der Waals surface area contributed by atoms with E-state index >= 15 is 0 Å². The highest BCUT2D eigenvalue weighted by Gasteiger charge is 2.22. The second kappa shape index (κ2) is 6.64. The topological polar surface area (TPSA) is 67.3 Å². The van der Waals surface area contributed by atoms with Crippen LogP contribution in [-0.4, -0.2) is 40.9 Å². The zero-order valence-electron chi connectivity index (χ0n) is 10.7. The number of ether oxygens (including phenoxy) is 1. The Balaban J connectivity index is 2.54. The van der Waals surface area contributed by atoms with Gasteiger partial charge in [-0.15, -0.1) is 0 Å². The highest BCUT2D eigenvalue weighted by atomic mass is 16.5. The van der Waals surface area contributed by atoms with Crippen molar-refractivity contribution in [2.45, 2.75) is 32.4 Å². The number of rotatable bonds is 7. The molecule has 1 aromatic heterocycles. The predicted octanol–water partition coefficient (Wildman–Crippen LogP) is 0.662. The highest BCUT2D eigenvalue weighted by molar-refractivity contribution is 5.01. The molecule has 0 saturated carbocycles. The van der Waals surface area contributed by atoms with E-state index in [4.69, 9.17) is 9.84 Å². The van der Waals surface area contributed by atoms with E-state index in [0.717, 1.165) is 11.4 Å². The molecule has 0 radical (unpaired) electrons. The van der Waals surface area contributed by atoms with Crippen LogP contribution in [0.15, 0.2) is 12.4 Å². The summed E-state index contributed by atoms with van der Waals surface area (Å²) in [5.41, 5.74) is 1.55. The van der Waals surface area contributed by atoms with Crippen molar-refractivity contribution < 1.29 is 9.84 Å². The van der Waals surface area contributed by atoms with Crippen LogP contribution < -0.4 is 5.32 Å². The van der Waals surface area contributed by atoms with Crippen molar-refractivity contribution >= 4 is 0 Å². The van der Waals surface area contributed by atoms with Crippen LogP contribution in [0.25, 0.3) is 0 Å². The smallest absolute Gasteiger partial charge is 0.0724 e. The number of hydrogen-bond donors (Lipinski definition) is 2. The van der Waals surface area contributed by atoms with Crippen LogP contribution in [0.4, 0.5) is 0 Å². The summed E-state index contributed by atoms with van der Waals surface area (Å²) in [4.78, 5) is 8.46. The molecule has 0 aliphatic carbocycles. The summed E-state index contributed by atoms with van der Waals surface area (Å²) in [5.74, 6) is 0. The summed E-state index contributed by atoms with van der Waals surface area (Å²) >= 11 is 0. The maximum atomic E-state index is 9.04. The van der Waals surface area contributed by atoms with Gasteiger partial charge in [-0.25, -0.2) is 0 Å². The molecule has 1 heterocycles. The van der Waals surface area contributed by atoms with Gasteiger partial charge in [0.15, 0.2) is 0 Å². The van der Waals surface area contributed by atoms with Gasteiger partial charge in [0, 0.05) is 38.2 Å². The Bertz CT molecular complexity index is 321. The number of hydrogen-bond acceptors (Lipinski definition) is 5. The molecule has 0 spiro atoms. The van der Waals surface area contributed by atoms with Gasteiger partial charge in [-0.05, 0) is 20.3 Å². The van der Waals surface area contributed by atoms with Gasteiger partial charge in [0.25, 0.3) is 0 Å². The number of methoxy groups -OCH3 is 1. The molecule has 1 rings (SSSR count). The Hall–Kier alpha value is -1.04. The Morgan fingerprint density at radius 1 is 1.41 bits per heavy atom. The molecule has 0 aliphatic heterocycles. The van der Waals surface area contributed by atoms with Crippen molar-refractivity contribution in [2.75, 3.05) is 20.3 Å². The first-order valence-corrected chi connectivity index (χ1v) is 5.72. The van der Waals surface area contributed by atoms with E-state index in [9.17, 15) is 0 Å². The fraction of sp³-hybridized carbons (Fsp3) is 0.667. The molecule has 0 aliphatic rings. The largest absolute Gasteiger partial charge is 0.396 e. The summed E-state index contributed by atoms with van der Waals surface area (Å²) in [7, 11) is 1.66. The van der Waals surface area contributed by atoms with Gasteiger partial charge in [-0.1, -0.05) is 0 Å². The Morgan fingerprint density at radius 3 is 2.71 bits per heavy atom. The second-order valence-electron chi connectivity index (χ2n) is 4.47. The number of aromatic nitrogens is 2. The van der Waals surface area contributed by atoms with E-state index in [2.05, 4.69) is 15.3 Å². The summed E-state index contributed by atoms with van der Waals surface area (Å²) in [5, 5.41) is 12.4. The monoisotopic (exact) mass is 239 g/mol. The molecule has 0 amide bonds. The van der Waals surface area contributed by atoms with E-state index in [1.807, 2.05) is 13.8 Å². The third-order valence-corrected chi connectivity index (χ3v) is 2.66. The molecule has 17 heavy (non-hydrogen) atoms. The van der Waals surface area contributed by atoms with Crippen molar-refractivity contribution in [3.63, 3.8) is 0 Å². The first-order valence-electron chi connectivity index (χ1n) is 5.72. The molecule has 0 unspecified atom stereocenters. The maximum absolute atomic E-state index is 9.04.